The van der Waals surface area contributed by atoms with Gasteiger partial charge in [-0.3, -0.25) is 4.79 Å². The third-order valence-corrected chi connectivity index (χ3v) is 8.11. The van der Waals surface area contributed by atoms with E-state index < -0.39 is 41.6 Å². The molecule has 1 fully saturated rings. The van der Waals surface area contributed by atoms with Gasteiger partial charge in [-0.1, -0.05) is 6.42 Å². The van der Waals surface area contributed by atoms with Gasteiger partial charge in [0.15, 0.2) is 11.5 Å². The fraction of sp³-hybridized carbons (Fsp3) is 0.444. The summed E-state index contributed by atoms with van der Waals surface area (Å²) in [5.41, 5.74) is -0.519. The van der Waals surface area contributed by atoms with Crippen molar-refractivity contribution in [3.8, 4) is 17.2 Å². The maximum Gasteiger partial charge on any atom is 0.586 e. The van der Waals surface area contributed by atoms with Crippen molar-refractivity contribution in [1.29, 1.82) is 0 Å². The van der Waals surface area contributed by atoms with Gasteiger partial charge < -0.3 is 39.4 Å². The summed E-state index contributed by atoms with van der Waals surface area (Å²) in [4.78, 5) is 13.5. The minimum atomic E-state index is -3.83. The van der Waals surface area contributed by atoms with Gasteiger partial charge in [-0.15, -0.1) is 8.78 Å². The Labute approximate surface area is 220 Å². The number of nitrogens with one attached hydrogen (secondary N) is 1. The number of nitrogens with zero attached hydrogens (tertiary/aromatic N) is 1. The van der Waals surface area contributed by atoms with Gasteiger partial charge in [-0.25, -0.2) is 4.39 Å². The average Bonchev–Trinajstić information content (AvgIpc) is 3.48. The highest BCUT2D eigenvalue weighted by molar-refractivity contribution is 6.01. The first-order valence-corrected chi connectivity index (χ1v) is 12.6. The Bertz CT molecular complexity index is 1480. The van der Waals surface area contributed by atoms with Gasteiger partial charge in [-0.2, -0.15) is 0 Å². The SMILES string of the molecule is C[C@]1(C(=O)Nc2cc3cc(C4(CO)CCC4)n(C[C@@H](O)CO)c3cc2F)COc2cc3c(cc21)OC(F)(F)O3. The van der Waals surface area contributed by atoms with Crippen LogP contribution in [0.2, 0.25) is 0 Å². The second-order valence-electron chi connectivity index (χ2n) is 10.7. The van der Waals surface area contributed by atoms with Crippen molar-refractivity contribution < 1.29 is 47.5 Å². The Morgan fingerprint density at radius 1 is 1.10 bits per heavy atom. The summed E-state index contributed by atoms with van der Waals surface area (Å²) >= 11 is 0. The molecule has 208 valence electrons. The lowest BCUT2D eigenvalue weighted by Gasteiger charge is -2.41. The zero-order valence-corrected chi connectivity index (χ0v) is 21.0. The molecule has 6 rings (SSSR count). The molecule has 1 aliphatic carbocycles. The number of anilines is 1. The predicted molar refractivity (Wildman–Crippen MR) is 132 cm³/mol. The number of ether oxygens (including phenoxy) is 3. The number of carbonyl (C=O) groups excluding carboxylic acids is 1. The average molecular weight is 549 g/mol. The molecular weight excluding hydrogens is 521 g/mol. The van der Waals surface area contributed by atoms with Crippen molar-refractivity contribution in [1.82, 2.24) is 4.57 Å². The molecule has 12 heteroatoms. The molecule has 39 heavy (non-hydrogen) atoms. The third kappa shape index (κ3) is 4.00. The Hall–Kier alpha value is -3.48. The van der Waals surface area contributed by atoms with Crippen LogP contribution in [-0.2, 0) is 22.2 Å². The highest BCUT2D eigenvalue weighted by atomic mass is 19.3. The number of benzene rings is 2. The molecule has 0 saturated heterocycles. The van der Waals surface area contributed by atoms with Gasteiger partial charge in [0.2, 0.25) is 5.91 Å². The Morgan fingerprint density at radius 3 is 2.46 bits per heavy atom. The topological polar surface area (TPSA) is 122 Å². The summed E-state index contributed by atoms with van der Waals surface area (Å²) in [6.07, 6.45) is -2.55. The molecule has 1 aromatic heterocycles. The Morgan fingerprint density at radius 2 is 1.82 bits per heavy atom. The molecule has 1 amide bonds. The number of carbonyl (C=O) groups is 1. The minimum Gasteiger partial charge on any atom is -0.492 e. The van der Waals surface area contributed by atoms with Crippen LogP contribution >= 0.6 is 0 Å². The standard InChI is InChI=1S/C27H27F3N2O7/c1-25(13-37-20-9-22-21(7-16(20)25)38-27(29,30)39-22)24(36)31-18-5-14-6-23(26(12-34)3-2-4-26)32(10-15(35)11-33)19(14)8-17(18)28/h5-9,15,33-35H,2-4,10-13H2,1H3,(H,31,36)/t15-,25+/m1/s1. The van der Waals surface area contributed by atoms with E-state index in [2.05, 4.69) is 14.8 Å². The lowest BCUT2D eigenvalue weighted by atomic mass is 9.67. The first kappa shape index (κ1) is 25.8. The number of rotatable bonds is 7. The van der Waals surface area contributed by atoms with Crippen molar-refractivity contribution in [3.63, 3.8) is 0 Å². The van der Waals surface area contributed by atoms with Crippen LogP contribution in [0.3, 0.4) is 0 Å². The normalized spacial score (nSPS) is 22.7. The lowest BCUT2D eigenvalue weighted by Crippen LogP contribution is -2.40. The van der Waals surface area contributed by atoms with E-state index in [4.69, 9.17) is 4.74 Å². The van der Waals surface area contributed by atoms with E-state index in [1.54, 1.807) is 17.6 Å². The number of aliphatic hydroxyl groups is 3. The molecule has 3 aliphatic rings. The molecule has 0 unspecified atom stereocenters. The van der Waals surface area contributed by atoms with Gasteiger partial charge in [0, 0.05) is 34.2 Å². The first-order chi connectivity index (χ1) is 18.5. The van der Waals surface area contributed by atoms with Crippen molar-refractivity contribution in [2.24, 2.45) is 0 Å². The summed E-state index contributed by atoms with van der Waals surface area (Å²) in [6, 6.07) is 7.02. The van der Waals surface area contributed by atoms with E-state index in [0.717, 1.165) is 25.0 Å². The van der Waals surface area contributed by atoms with E-state index in [0.29, 0.717) is 16.5 Å². The van der Waals surface area contributed by atoms with Crippen LogP contribution in [0.25, 0.3) is 10.9 Å². The number of aromatic nitrogens is 1. The van der Waals surface area contributed by atoms with Crippen LogP contribution in [0.15, 0.2) is 30.3 Å². The van der Waals surface area contributed by atoms with Crippen LogP contribution < -0.4 is 19.5 Å². The largest absolute Gasteiger partial charge is 0.586 e. The van der Waals surface area contributed by atoms with Gasteiger partial charge >= 0.3 is 6.29 Å². The summed E-state index contributed by atoms with van der Waals surface area (Å²) in [5, 5.41) is 32.9. The molecule has 3 heterocycles. The molecule has 0 radical (unpaired) electrons. The van der Waals surface area contributed by atoms with E-state index in [1.165, 1.54) is 24.3 Å². The zero-order valence-electron chi connectivity index (χ0n) is 21.0. The van der Waals surface area contributed by atoms with Crippen LogP contribution in [0.5, 0.6) is 17.2 Å². The van der Waals surface area contributed by atoms with Crippen LogP contribution in [0.1, 0.15) is 37.4 Å². The minimum absolute atomic E-state index is 0.00355. The number of halogens is 3. The lowest BCUT2D eigenvalue weighted by molar-refractivity contribution is -0.286. The molecule has 2 aliphatic heterocycles. The van der Waals surface area contributed by atoms with E-state index in [-0.39, 0.29) is 42.7 Å². The zero-order chi connectivity index (χ0) is 27.7. The second kappa shape index (κ2) is 8.77. The van der Waals surface area contributed by atoms with Gasteiger partial charge in [0.25, 0.3) is 0 Å². The fourth-order valence-electron chi connectivity index (χ4n) is 5.66. The van der Waals surface area contributed by atoms with Gasteiger partial charge in [0.1, 0.15) is 23.6 Å². The smallest absolute Gasteiger partial charge is 0.492 e. The molecule has 2 aromatic carbocycles. The molecule has 9 nitrogen and oxygen atoms in total. The maximum atomic E-state index is 15.4. The Balaban J connectivity index is 1.34. The molecule has 3 aromatic rings. The van der Waals surface area contributed by atoms with Crippen LogP contribution in [-0.4, -0.2) is 58.0 Å². The third-order valence-electron chi connectivity index (χ3n) is 8.11. The van der Waals surface area contributed by atoms with Crippen molar-refractivity contribution >= 4 is 22.5 Å². The Kier molecular flexibility index (Phi) is 5.79. The van der Waals surface area contributed by atoms with Crippen molar-refractivity contribution in [2.45, 2.75) is 56.0 Å². The van der Waals surface area contributed by atoms with Gasteiger partial charge in [-0.05, 0) is 38.0 Å². The molecule has 4 N–H and O–H groups in total. The van der Waals surface area contributed by atoms with Crippen LogP contribution in [0, 0.1) is 5.82 Å². The number of hydrogen-bond acceptors (Lipinski definition) is 7. The summed E-state index contributed by atoms with van der Waals surface area (Å²) in [7, 11) is 0. The molecular formula is C27H27F3N2O7. The van der Waals surface area contributed by atoms with E-state index in [9.17, 15) is 28.9 Å². The number of fused-ring (bicyclic) bond motifs is 3. The molecule has 0 bridgehead atoms. The summed E-state index contributed by atoms with van der Waals surface area (Å²) in [5.74, 6) is -1.61. The van der Waals surface area contributed by atoms with E-state index in [1.807, 2.05) is 0 Å². The summed E-state index contributed by atoms with van der Waals surface area (Å²) in [6.45, 7) is 0.839. The van der Waals surface area contributed by atoms with Crippen LogP contribution in [0.4, 0.5) is 18.9 Å². The van der Waals surface area contributed by atoms with Crippen molar-refractivity contribution in [2.75, 3.05) is 25.1 Å². The number of aliphatic hydroxyl groups excluding tert-OH is 3. The highest BCUT2D eigenvalue weighted by Gasteiger charge is 2.49. The number of amides is 1. The highest BCUT2D eigenvalue weighted by Crippen LogP contribution is 2.50. The second-order valence-corrected chi connectivity index (χ2v) is 10.7. The maximum absolute atomic E-state index is 15.4. The van der Waals surface area contributed by atoms with E-state index >= 15 is 4.39 Å². The quantitative estimate of drug-likeness (QED) is 0.358. The predicted octanol–water partition coefficient (Wildman–Crippen LogP) is 3.16. The molecule has 2 atom stereocenters. The number of alkyl halides is 2. The van der Waals surface area contributed by atoms with Gasteiger partial charge in [0.05, 0.1) is 37.1 Å². The monoisotopic (exact) mass is 548 g/mol. The number of hydrogen-bond donors (Lipinski definition) is 4. The summed E-state index contributed by atoms with van der Waals surface area (Å²) < 4.78 is 58.7. The first-order valence-electron chi connectivity index (χ1n) is 12.6. The fourth-order valence-corrected chi connectivity index (χ4v) is 5.66. The molecule has 0 spiro atoms. The molecule has 1 saturated carbocycles. The van der Waals surface area contributed by atoms with Crippen molar-refractivity contribution in [3.05, 3.63) is 47.4 Å².